The van der Waals surface area contributed by atoms with Crippen LogP contribution in [-0.4, -0.2) is 10.5 Å². The number of thiazole rings is 1. The van der Waals surface area contributed by atoms with Gasteiger partial charge in [-0.05, 0) is 81.4 Å². The first kappa shape index (κ1) is 24.1. The zero-order valence-corrected chi connectivity index (χ0v) is 22.9. The van der Waals surface area contributed by atoms with Gasteiger partial charge in [0, 0.05) is 17.5 Å². The molecule has 1 atom stereocenters. The highest BCUT2D eigenvalue weighted by Gasteiger charge is 2.32. The van der Waals surface area contributed by atoms with Crippen molar-refractivity contribution in [2.75, 3.05) is 0 Å². The smallest absolute Gasteiger partial charge is 0.308 e. The Morgan fingerprint density at radius 1 is 1.14 bits per heavy atom. The second-order valence-corrected chi connectivity index (χ2v) is 11.2. The number of nitrogens with zero attached hydrogens (tertiary/aromatic N) is 2. The molecule has 0 fully saturated rings. The van der Waals surface area contributed by atoms with Crippen molar-refractivity contribution < 1.29 is 9.53 Å². The summed E-state index contributed by atoms with van der Waals surface area (Å²) in [5.41, 5.74) is 6.24. The SMILES string of the molecule is CC(=O)Oc1ccc(/C=c2/sc3n(c2=O)[C@H](c2ccc(Cl)cc2)C2=C(N=3)c3ccccc3CC2)cc1Br. The Kier molecular flexibility index (Phi) is 6.23. The minimum absolute atomic E-state index is 0.0886. The van der Waals surface area contributed by atoms with Crippen molar-refractivity contribution in [3.8, 4) is 5.75 Å². The van der Waals surface area contributed by atoms with Crippen LogP contribution in [-0.2, 0) is 11.2 Å². The van der Waals surface area contributed by atoms with Gasteiger partial charge >= 0.3 is 5.97 Å². The van der Waals surface area contributed by atoms with Crippen LogP contribution in [0.5, 0.6) is 5.75 Å². The van der Waals surface area contributed by atoms with Crippen LogP contribution < -0.4 is 19.6 Å². The molecule has 0 amide bonds. The Morgan fingerprint density at radius 3 is 2.68 bits per heavy atom. The Balaban J connectivity index is 1.54. The number of ether oxygens (including phenoxy) is 1. The van der Waals surface area contributed by atoms with E-state index in [9.17, 15) is 9.59 Å². The Morgan fingerprint density at radius 2 is 1.92 bits per heavy atom. The summed E-state index contributed by atoms with van der Waals surface area (Å²) in [6, 6.07) is 21.2. The lowest BCUT2D eigenvalue weighted by molar-refractivity contribution is -0.131. The molecule has 0 unspecified atom stereocenters. The number of halogens is 2. The number of carbonyl (C=O) groups excluding carboxylic acids is 1. The standard InChI is InChI=1S/C29H20BrClN2O3S/c1-16(34)36-24-13-6-17(14-23(24)30)15-25-28(35)33-27(19-7-10-20(31)11-8-19)22-12-9-18-4-2-3-5-21(18)26(22)32-29(33)37-25/h2-8,10-11,13-15,27H,9,12H2,1H3/b25-15+/t27-/m1/s1. The van der Waals surface area contributed by atoms with Gasteiger partial charge in [-0.15, -0.1) is 0 Å². The molecular formula is C29H20BrClN2O3S. The fourth-order valence-electron chi connectivity index (χ4n) is 4.96. The Labute approximate surface area is 230 Å². The van der Waals surface area contributed by atoms with E-state index >= 15 is 0 Å². The molecule has 2 heterocycles. The zero-order valence-electron chi connectivity index (χ0n) is 19.7. The third-order valence-corrected chi connectivity index (χ3v) is 8.42. The highest BCUT2D eigenvalue weighted by Crippen LogP contribution is 2.41. The monoisotopic (exact) mass is 590 g/mol. The fourth-order valence-corrected chi connectivity index (χ4v) is 6.57. The molecule has 1 aliphatic carbocycles. The van der Waals surface area contributed by atoms with Gasteiger partial charge < -0.3 is 4.74 Å². The quantitative estimate of drug-likeness (QED) is 0.228. The number of aryl methyl sites for hydroxylation is 1. The molecule has 8 heteroatoms. The van der Waals surface area contributed by atoms with Gasteiger partial charge in [0.2, 0.25) is 0 Å². The first-order chi connectivity index (χ1) is 17.9. The third kappa shape index (κ3) is 4.41. The molecule has 0 bridgehead atoms. The van der Waals surface area contributed by atoms with E-state index in [4.69, 9.17) is 21.3 Å². The van der Waals surface area contributed by atoms with E-state index in [1.54, 1.807) is 6.07 Å². The van der Waals surface area contributed by atoms with E-state index in [-0.39, 0.29) is 11.6 Å². The largest absolute Gasteiger partial charge is 0.426 e. The van der Waals surface area contributed by atoms with E-state index in [0.717, 1.165) is 40.8 Å². The molecule has 37 heavy (non-hydrogen) atoms. The van der Waals surface area contributed by atoms with Gasteiger partial charge in [-0.1, -0.05) is 65.4 Å². The normalized spacial score (nSPS) is 16.5. The molecule has 1 aliphatic heterocycles. The molecule has 0 N–H and O–H groups in total. The van der Waals surface area contributed by atoms with E-state index in [1.807, 2.05) is 53.1 Å². The van der Waals surface area contributed by atoms with Gasteiger partial charge in [0.05, 0.1) is 20.7 Å². The second-order valence-electron chi connectivity index (χ2n) is 8.95. The summed E-state index contributed by atoms with van der Waals surface area (Å²) in [7, 11) is 0. The first-order valence-corrected chi connectivity index (χ1v) is 13.7. The number of hydrogen-bond donors (Lipinski definition) is 0. The van der Waals surface area contributed by atoms with E-state index in [1.165, 1.54) is 23.8 Å². The maximum atomic E-state index is 13.8. The first-order valence-electron chi connectivity index (χ1n) is 11.8. The number of hydrogen-bond acceptors (Lipinski definition) is 5. The van der Waals surface area contributed by atoms with Gasteiger partial charge in [0.1, 0.15) is 5.75 Å². The van der Waals surface area contributed by atoms with Crippen LogP contribution in [0.4, 0.5) is 0 Å². The molecule has 4 aromatic rings. The number of fused-ring (bicyclic) bond motifs is 3. The predicted octanol–water partition coefficient (Wildman–Crippen LogP) is 5.66. The molecule has 0 radical (unpaired) electrons. The highest BCUT2D eigenvalue weighted by molar-refractivity contribution is 9.10. The van der Waals surface area contributed by atoms with Crippen LogP contribution in [0.15, 0.2) is 86.6 Å². The molecule has 184 valence electrons. The lowest BCUT2D eigenvalue weighted by atomic mass is 9.83. The lowest BCUT2D eigenvalue weighted by Gasteiger charge is -2.30. The van der Waals surface area contributed by atoms with Crippen LogP contribution in [0.25, 0.3) is 11.8 Å². The summed E-state index contributed by atoms with van der Waals surface area (Å²) in [4.78, 5) is 30.9. The average Bonchev–Trinajstić information content (AvgIpc) is 3.19. The number of aromatic nitrogens is 1. The van der Waals surface area contributed by atoms with Crippen molar-refractivity contribution in [3.63, 3.8) is 0 Å². The second kappa shape index (κ2) is 9.56. The van der Waals surface area contributed by atoms with Gasteiger partial charge in [0.15, 0.2) is 4.80 Å². The number of carbonyl (C=O) groups is 1. The molecule has 0 spiro atoms. The summed E-state index contributed by atoms with van der Waals surface area (Å²) in [6.07, 6.45) is 3.58. The van der Waals surface area contributed by atoms with Crippen molar-refractivity contribution in [2.24, 2.45) is 4.99 Å². The van der Waals surface area contributed by atoms with Crippen LogP contribution in [0.3, 0.4) is 0 Å². The molecule has 3 aromatic carbocycles. The van der Waals surface area contributed by atoms with Gasteiger partial charge in [-0.3, -0.25) is 14.2 Å². The van der Waals surface area contributed by atoms with E-state index in [0.29, 0.717) is 24.6 Å². The Hall–Kier alpha value is -3.26. The van der Waals surface area contributed by atoms with Crippen LogP contribution in [0.1, 0.15) is 41.6 Å². The van der Waals surface area contributed by atoms with Crippen LogP contribution in [0.2, 0.25) is 5.02 Å². The maximum absolute atomic E-state index is 13.8. The Bertz CT molecular complexity index is 1790. The third-order valence-electron chi connectivity index (χ3n) is 6.57. The van der Waals surface area contributed by atoms with Gasteiger partial charge in [-0.25, -0.2) is 4.99 Å². The van der Waals surface area contributed by atoms with Crippen molar-refractivity contribution in [1.82, 2.24) is 4.57 Å². The van der Waals surface area contributed by atoms with Crippen molar-refractivity contribution in [3.05, 3.63) is 124 Å². The van der Waals surface area contributed by atoms with Crippen molar-refractivity contribution in [2.45, 2.75) is 25.8 Å². The van der Waals surface area contributed by atoms with E-state index in [2.05, 4.69) is 34.1 Å². The van der Waals surface area contributed by atoms with Crippen LogP contribution in [0, 0.1) is 0 Å². The summed E-state index contributed by atoms with van der Waals surface area (Å²) in [6.45, 7) is 1.36. The fraction of sp³-hybridized carbons (Fsp3) is 0.138. The molecule has 5 nitrogen and oxygen atoms in total. The van der Waals surface area contributed by atoms with Crippen molar-refractivity contribution >= 4 is 56.6 Å². The predicted molar refractivity (Wildman–Crippen MR) is 150 cm³/mol. The minimum atomic E-state index is -0.394. The highest BCUT2D eigenvalue weighted by atomic mass is 79.9. The number of benzene rings is 3. The lowest BCUT2D eigenvalue weighted by Crippen LogP contribution is -2.38. The molecule has 0 saturated carbocycles. The number of esters is 1. The molecule has 0 saturated heterocycles. The molecule has 2 aliphatic rings. The summed E-state index contributed by atoms with van der Waals surface area (Å²) in [5.74, 6) is 0.0367. The van der Waals surface area contributed by atoms with Crippen molar-refractivity contribution in [1.29, 1.82) is 0 Å². The maximum Gasteiger partial charge on any atom is 0.308 e. The summed E-state index contributed by atoms with van der Waals surface area (Å²) in [5, 5.41) is 0.655. The summed E-state index contributed by atoms with van der Waals surface area (Å²) < 4.78 is 8.23. The topological polar surface area (TPSA) is 60.7 Å². The zero-order chi connectivity index (χ0) is 25.7. The average molecular weight is 592 g/mol. The van der Waals surface area contributed by atoms with Gasteiger partial charge in [-0.2, -0.15) is 0 Å². The van der Waals surface area contributed by atoms with Crippen LogP contribution >= 0.6 is 38.9 Å². The summed E-state index contributed by atoms with van der Waals surface area (Å²) >= 11 is 11.0. The number of rotatable bonds is 3. The molecule has 1 aromatic heterocycles. The number of allylic oxidation sites excluding steroid dienone is 1. The minimum Gasteiger partial charge on any atom is -0.426 e. The van der Waals surface area contributed by atoms with Gasteiger partial charge in [0.25, 0.3) is 5.56 Å². The molecular weight excluding hydrogens is 572 g/mol. The molecule has 6 rings (SSSR count). The van der Waals surface area contributed by atoms with E-state index < -0.39 is 5.97 Å².